The van der Waals surface area contributed by atoms with Gasteiger partial charge in [0.1, 0.15) is 5.82 Å². The molecule has 150 valence electrons. The normalized spacial score (nSPS) is 11.1. The molecule has 0 bridgehead atoms. The molecule has 0 unspecified atom stereocenters. The number of esters is 1. The fraction of sp³-hybridized carbons (Fsp3) is 0.263. The predicted octanol–water partition coefficient (Wildman–Crippen LogP) is 2.70. The van der Waals surface area contributed by atoms with Crippen molar-refractivity contribution in [2.75, 3.05) is 18.5 Å². The van der Waals surface area contributed by atoms with E-state index in [9.17, 15) is 22.4 Å². The summed E-state index contributed by atoms with van der Waals surface area (Å²) in [4.78, 5) is 23.4. The fourth-order valence-electron chi connectivity index (χ4n) is 2.30. The summed E-state index contributed by atoms with van der Waals surface area (Å²) in [5.74, 6) is -1.48. The minimum absolute atomic E-state index is 0.00337. The Hall–Kier alpha value is -2.78. The van der Waals surface area contributed by atoms with E-state index in [1.165, 1.54) is 42.5 Å². The predicted molar refractivity (Wildman–Crippen MR) is 102 cm³/mol. The van der Waals surface area contributed by atoms with Crippen LogP contribution in [0.25, 0.3) is 0 Å². The number of hydrogen-bond donors (Lipinski definition) is 2. The van der Waals surface area contributed by atoms with Crippen LogP contribution in [0.4, 0.5) is 10.1 Å². The van der Waals surface area contributed by atoms with Crippen molar-refractivity contribution in [1.29, 1.82) is 0 Å². The number of sulfonamides is 1. The Morgan fingerprint density at radius 3 is 2.39 bits per heavy atom. The van der Waals surface area contributed by atoms with Crippen molar-refractivity contribution in [3.05, 3.63) is 59.9 Å². The maximum absolute atomic E-state index is 13.5. The molecule has 0 aromatic heterocycles. The molecule has 0 aliphatic carbocycles. The first-order valence-corrected chi connectivity index (χ1v) is 10.1. The third-order valence-electron chi connectivity index (χ3n) is 3.70. The molecule has 0 spiro atoms. The number of nitrogens with one attached hydrogen (secondary N) is 2. The quantitative estimate of drug-likeness (QED) is 0.491. The first kappa shape index (κ1) is 21.5. The summed E-state index contributed by atoms with van der Waals surface area (Å²) in [5.41, 5.74) is 0.334. The molecule has 0 saturated heterocycles. The van der Waals surface area contributed by atoms with Crippen LogP contribution in [0.1, 0.15) is 30.1 Å². The van der Waals surface area contributed by atoms with Gasteiger partial charge in [0.25, 0.3) is 0 Å². The zero-order chi connectivity index (χ0) is 20.6. The topological polar surface area (TPSA) is 102 Å². The number of carbonyl (C=O) groups excluding carboxylic acids is 2. The average molecular weight is 408 g/mol. The summed E-state index contributed by atoms with van der Waals surface area (Å²) in [7, 11) is -3.77. The van der Waals surface area contributed by atoms with E-state index in [1.807, 2.05) is 0 Å². The van der Waals surface area contributed by atoms with Gasteiger partial charge in [-0.3, -0.25) is 4.79 Å². The molecule has 0 saturated carbocycles. The van der Waals surface area contributed by atoms with Crippen molar-refractivity contribution in [1.82, 2.24) is 4.72 Å². The Bertz CT molecular complexity index is 930. The number of carbonyl (C=O) groups is 2. The molecular weight excluding hydrogens is 387 g/mol. The van der Waals surface area contributed by atoms with Gasteiger partial charge in [0.15, 0.2) is 0 Å². The summed E-state index contributed by atoms with van der Waals surface area (Å²) in [6, 6.07) is 11.1. The molecule has 0 fully saturated rings. The second-order valence-corrected chi connectivity index (χ2v) is 7.54. The number of ether oxygens (including phenoxy) is 1. The zero-order valence-electron chi connectivity index (χ0n) is 15.3. The Balaban J connectivity index is 1.82. The molecule has 0 aliphatic heterocycles. The Kier molecular flexibility index (Phi) is 7.65. The SMILES string of the molecule is CCOC(=O)c1ccc(S(=O)(=O)NCCCC(=O)Nc2ccccc2F)cc1. The van der Waals surface area contributed by atoms with Gasteiger partial charge in [-0.25, -0.2) is 22.3 Å². The molecule has 2 aromatic carbocycles. The second-order valence-electron chi connectivity index (χ2n) is 5.77. The second kappa shape index (κ2) is 9.95. The van der Waals surface area contributed by atoms with Crippen molar-refractivity contribution in [2.45, 2.75) is 24.7 Å². The van der Waals surface area contributed by atoms with Gasteiger partial charge >= 0.3 is 5.97 Å². The van der Waals surface area contributed by atoms with Crippen LogP contribution in [0.15, 0.2) is 53.4 Å². The number of benzene rings is 2. The minimum Gasteiger partial charge on any atom is -0.462 e. The molecule has 1 amide bonds. The maximum Gasteiger partial charge on any atom is 0.338 e. The van der Waals surface area contributed by atoms with Crippen LogP contribution in [-0.4, -0.2) is 33.4 Å². The van der Waals surface area contributed by atoms with Crippen molar-refractivity contribution < 1.29 is 27.1 Å². The monoisotopic (exact) mass is 408 g/mol. The van der Waals surface area contributed by atoms with Gasteiger partial charge in [0, 0.05) is 13.0 Å². The van der Waals surface area contributed by atoms with Crippen molar-refractivity contribution in [2.24, 2.45) is 0 Å². The highest BCUT2D eigenvalue weighted by molar-refractivity contribution is 7.89. The first-order valence-electron chi connectivity index (χ1n) is 8.64. The molecule has 0 radical (unpaired) electrons. The van der Waals surface area contributed by atoms with Crippen LogP contribution in [0, 0.1) is 5.82 Å². The van der Waals surface area contributed by atoms with E-state index in [1.54, 1.807) is 13.0 Å². The van der Waals surface area contributed by atoms with Crippen LogP contribution in [-0.2, 0) is 19.6 Å². The Labute approximate surface area is 163 Å². The lowest BCUT2D eigenvalue weighted by atomic mass is 10.2. The van der Waals surface area contributed by atoms with Gasteiger partial charge in [-0.05, 0) is 49.7 Å². The lowest BCUT2D eigenvalue weighted by Crippen LogP contribution is -2.26. The smallest absolute Gasteiger partial charge is 0.338 e. The average Bonchev–Trinajstić information content (AvgIpc) is 2.67. The standard InChI is InChI=1S/C19H21FN2O5S/c1-2-27-19(24)14-9-11-15(12-10-14)28(25,26)21-13-5-8-18(23)22-17-7-4-3-6-16(17)20/h3-4,6-7,9-12,21H,2,5,8,13H2,1H3,(H,22,23). The molecule has 28 heavy (non-hydrogen) atoms. The third kappa shape index (κ3) is 6.14. The number of amides is 1. The van der Waals surface area contributed by atoms with E-state index in [0.29, 0.717) is 0 Å². The minimum atomic E-state index is -3.77. The largest absolute Gasteiger partial charge is 0.462 e. The van der Waals surface area contributed by atoms with Crippen LogP contribution in [0.3, 0.4) is 0 Å². The van der Waals surface area contributed by atoms with Crippen molar-refractivity contribution in [3.8, 4) is 0 Å². The van der Waals surface area contributed by atoms with Crippen molar-refractivity contribution >= 4 is 27.6 Å². The van der Waals surface area contributed by atoms with Crippen LogP contribution < -0.4 is 10.0 Å². The maximum atomic E-state index is 13.5. The highest BCUT2D eigenvalue weighted by atomic mass is 32.2. The number of rotatable bonds is 9. The molecule has 9 heteroatoms. The number of anilines is 1. The Morgan fingerprint density at radius 2 is 1.75 bits per heavy atom. The zero-order valence-corrected chi connectivity index (χ0v) is 16.1. The summed E-state index contributed by atoms with van der Waals surface area (Å²) >= 11 is 0. The molecule has 2 N–H and O–H groups in total. The summed E-state index contributed by atoms with van der Waals surface area (Å²) in [5, 5.41) is 2.43. The van der Waals surface area contributed by atoms with E-state index < -0.39 is 27.7 Å². The molecule has 0 atom stereocenters. The lowest BCUT2D eigenvalue weighted by molar-refractivity contribution is -0.116. The molecule has 7 nitrogen and oxygen atoms in total. The van der Waals surface area contributed by atoms with Crippen LogP contribution in [0.2, 0.25) is 0 Å². The van der Waals surface area contributed by atoms with E-state index in [2.05, 4.69) is 10.0 Å². The molecule has 0 aliphatic rings. The van der Waals surface area contributed by atoms with E-state index in [0.717, 1.165) is 0 Å². The molecule has 0 heterocycles. The molecule has 2 aromatic rings. The van der Waals surface area contributed by atoms with Gasteiger partial charge in [0.05, 0.1) is 22.8 Å². The molecular formula is C19H21FN2O5S. The van der Waals surface area contributed by atoms with Crippen LogP contribution >= 0.6 is 0 Å². The number of para-hydroxylation sites is 1. The van der Waals surface area contributed by atoms with Gasteiger partial charge in [-0.1, -0.05) is 12.1 Å². The van der Waals surface area contributed by atoms with Gasteiger partial charge in [-0.2, -0.15) is 0 Å². The summed E-state index contributed by atoms with van der Waals surface area (Å²) in [6.07, 6.45) is 0.263. The number of halogens is 1. The van der Waals surface area contributed by atoms with Gasteiger partial charge < -0.3 is 10.1 Å². The van der Waals surface area contributed by atoms with E-state index >= 15 is 0 Å². The highest BCUT2D eigenvalue weighted by Crippen LogP contribution is 2.13. The molecule has 2 rings (SSSR count). The lowest BCUT2D eigenvalue weighted by Gasteiger charge is -2.08. The summed E-state index contributed by atoms with van der Waals surface area (Å²) in [6.45, 7) is 1.94. The fourth-order valence-corrected chi connectivity index (χ4v) is 3.37. The van der Waals surface area contributed by atoms with E-state index in [4.69, 9.17) is 4.74 Å². The van der Waals surface area contributed by atoms with Gasteiger partial charge in [-0.15, -0.1) is 0 Å². The summed E-state index contributed by atoms with van der Waals surface area (Å²) < 4.78 is 45.2. The highest BCUT2D eigenvalue weighted by Gasteiger charge is 2.15. The van der Waals surface area contributed by atoms with E-state index in [-0.39, 0.29) is 42.1 Å². The van der Waals surface area contributed by atoms with Gasteiger partial charge in [0.2, 0.25) is 15.9 Å². The van der Waals surface area contributed by atoms with Crippen LogP contribution in [0.5, 0.6) is 0 Å². The number of hydrogen-bond acceptors (Lipinski definition) is 5. The first-order chi connectivity index (χ1) is 13.3. The Morgan fingerprint density at radius 1 is 1.07 bits per heavy atom. The third-order valence-corrected chi connectivity index (χ3v) is 5.17. The van der Waals surface area contributed by atoms with Crippen molar-refractivity contribution in [3.63, 3.8) is 0 Å².